The van der Waals surface area contributed by atoms with Crippen LogP contribution < -0.4 is 10.6 Å². The molecule has 1 saturated heterocycles. The number of aromatic nitrogens is 1. The second kappa shape index (κ2) is 5.53. The summed E-state index contributed by atoms with van der Waals surface area (Å²) in [7, 11) is 0. The second-order valence-corrected chi connectivity index (χ2v) is 3.98. The molecule has 1 aromatic rings. The van der Waals surface area contributed by atoms with Crippen molar-refractivity contribution < 1.29 is 17.9 Å². The highest BCUT2D eigenvalue weighted by Gasteiger charge is 2.34. The van der Waals surface area contributed by atoms with E-state index in [2.05, 4.69) is 15.6 Å². The number of pyridine rings is 1. The number of nitrogens with zero attached hydrogens (tertiary/aromatic N) is 1. The van der Waals surface area contributed by atoms with E-state index in [1.54, 1.807) is 0 Å². The van der Waals surface area contributed by atoms with Crippen LogP contribution >= 0.6 is 0 Å². The van der Waals surface area contributed by atoms with Crippen LogP contribution in [0.1, 0.15) is 5.56 Å². The molecular formula is C11H14F3N3O. The van der Waals surface area contributed by atoms with Gasteiger partial charge in [-0.1, -0.05) is 0 Å². The molecule has 4 nitrogen and oxygen atoms in total. The van der Waals surface area contributed by atoms with E-state index in [1.807, 2.05) is 0 Å². The van der Waals surface area contributed by atoms with Crippen LogP contribution in [0.3, 0.4) is 0 Å². The molecular weight excluding hydrogens is 247 g/mol. The molecule has 0 aromatic carbocycles. The van der Waals surface area contributed by atoms with Crippen molar-refractivity contribution in [3.8, 4) is 0 Å². The van der Waals surface area contributed by atoms with Gasteiger partial charge in [-0.15, -0.1) is 0 Å². The smallest absolute Gasteiger partial charge is 0.374 e. The molecule has 0 amide bonds. The minimum Gasteiger partial charge on any atom is -0.374 e. The molecule has 7 heteroatoms. The molecule has 2 heterocycles. The fourth-order valence-corrected chi connectivity index (χ4v) is 1.74. The van der Waals surface area contributed by atoms with E-state index in [4.69, 9.17) is 4.74 Å². The Morgan fingerprint density at radius 1 is 1.50 bits per heavy atom. The average Bonchev–Trinajstić information content (AvgIpc) is 2.37. The molecule has 1 aliphatic heterocycles. The first-order valence-electron chi connectivity index (χ1n) is 5.66. The maximum atomic E-state index is 12.7. The summed E-state index contributed by atoms with van der Waals surface area (Å²) in [5, 5.41) is 5.80. The highest BCUT2D eigenvalue weighted by Crippen LogP contribution is 2.33. The molecule has 1 atom stereocenters. The van der Waals surface area contributed by atoms with Gasteiger partial charge in [0, 0.05) is 25.8 Å². The van der Waals surface area contributed by atoms with E-state index in [-0.39, 0.29) is 11.9 Å². The van der Waals surface area contributed by atoms with Gasteiger partial charge in [-0.2, -0.15) is 13.2 Å². The largest absolute Gasteiger partial charge is 0.419 e. The van der Waals surface area contributed by atoms with Gasteiger partial charge in [-0.3, -0.25) is 0 Å². The summed E-state index contributed by atoms with van der Waals surface area (Å²) in [6.45, 7) is 2.27. The van der Waals surface area contributed by atoms with Crippen molar-refractivity contribution in [1.29, 1.82) is 0 Å². The molecule has 0 radical (unpaired) electrons. The normalized spacial score (nSPS) is 20.7. The number of alkyl halides is 3. The van der Waals surface area contributed by atoms with Crippen LogP contribution in [0.5, 0.6) is 0 Å². The van der Waals surface area contributed by atoms with Crippen molar-refractivity contribution in [3.63, 3.8) is 0 Å². The quantitative estimate of drug-likeness (QED) is 0.865. The summed E-state index contributed by atoms with van der Waals surface area (Å²) in [4.78, 5) is 3.72. The van der Waals surface area contributed by atoms with Gasteiger partial charge in [0.05, 0.1) is 18.3 Å². The van der Waals surface area contributed by atoms with Crippen LogP contribution in [0.2, 0.25) is 0 Å². The number of ether oxygens (including phenoxy) is 1. The van der Waals surface area contributed by atoms with E-state index < -0.39 is 11.7 Å². The minimum absolute atomic E-state index is 0.137. The van der Waals surface area contributed by atoms with Crippen LogP contribution in [0.4, 0.5) is 19.0 Å². The Morgan fingerprint density at radius 2 is 2.33 bits per heavy atom. The van der Waals surface area contributed by atoms with Crippen LogP contribution in [0.25, 0.3) is 0 Å². The third kappa shape index (κ3) is 3.33. The third-order valence-electron chi connectivity index (χ3n) is 2.61. The molecule has 18 heavy (non-hydrogen) atoms. The fourth-order valence-electron chi connectivity index (χ4n) is 1.74. The van der Waals surface area contributed by atoms with Gasteiger partial charge >= 0.3 is 6.18 Å². The number of nitrogens with one attached hydrogen (secondary N) is 2. The van der Waals surface area contributed by atoms with Gasteiger partial charge in [0.25, 0.3) is 0 Å². The van der Waals surface area contributed by atoms with E-state index >= 15 is 0 Å². The topological polar surface area (TPSA) is 46.2 Å². The molecule has 1 aromatic heterocycles. The number of anilines is 1. The van der Waals surface area contributed by atoms with E-state index in [9.17, 15) is 13.2 Å². The molecule has 1 unspecified atom stereocenters. The van der Waals surface area contributed by atoms with Crippen LogP contribution in [-0.4, -0.2) is 37.3 Å². The zero-order valence-corrected chi connectivity index (χ0v) is 9.63. The van der Waals surface area contributed by atoms with Gasteiger partial charge < -0.3 is 15.4 Å². The second-order valence-electron chi connectivity index (χ2n) is 3.98. The average molecular weight is 261 g/mol. The SMILES string of the molecule is FC(F)(F)c1cccnc1NCC1CNCCO1. The summed E-state index contributed by atoms with van der Waals surface area (Å²) in [6.07, 6.45) is -3.21. The third-order valence-corrected chi connectivity index (χ3v) is 2.61. The van der Waals surface area contributed by atoms with Crippen LogP contribution in [0.15, 0.2) is 18.3 Å². The summed E-state index contributed by atoms with van der Waals surface area (Å²) in [6, 6.07) is 2.28. The van der Waals surface area contributed by atoms with Crippen LogP contribution in [0, 0.1) is 0 Å². The highest BCUT2D eigenvalue weighted by atomic mass is 19.4. The summed E-state index contributed by atoms with van der Waals surface area (Å²) < 4.78 is 43.5. The Hall–Kier alpha value is -1.34. The predicted molar refractivity (Wildman–Crippen MR) is 60.3 cm³/mol. The monoisotopic (exact) mass is 261 g/mol. The maximum absolute atomic E-state index is 12.7. The van der Waals surface area contributed by atoms with Crippen molar-refractivity contribution in [1.82, 2.24) is 10.3 Å². The molecule has 0 bridgehead atoms. The van der Waals surface area contributed by atoms with Gasteiger partial charge in [-0.05, 0) is 12.1 Å². The Bertz CT molecular complexity index is 391. The van der Waals surface area contributed by atoms with Crippen molar-refractivity contribution in [2.24, 2.45) is 0 Å². The Kier molecular flexibility index (Phi) is 4.03. The Morgan fingerprint density at radius 3 is 3.00 bits per heavy atom. The van der Waals surface area contributed by atoms with E-state index in [1.165, 1.54) is 12.3 Å². The standard InChI is InChI=1S/C11H14F3N3O/c12-11(13,14)9-2-1-3-16-10(9)17-7-8-6-15-4-5-18-8/h1-3,8,15H,4-7H2,(H,16,17). The lowest BCUT2D eigenvalue weighted by Gasteiger charge is -2.24. The summed E-state index contributed by atoms with van der Waals surface area (Å²) >= 11 is 0. The van der Waals surface area contributed by atoms with Gasteiger partial charge in [0.1, 0.15) is 5.82 Å². The lowest BCUT2D eigenvalue weighted by molar-refractivity contribution is -0.137. The minimum atomic E-state index is -4.40. The molecule has 0 saturated carbocycles. The van der Waals surface area contributed by atoms with Crippen molar-refractivity contribution in [2.45, 2.75) is 12.3 Å². The molecule has 100 valence electrons. The summed E-state index contributed by atoms with van der Waals surface area (Å²) in [5.74, 6) is -0.154. The van der Waals surface area contributed by atoms with Crippen molar-refractivity contribution >= 4 is 5.82 Å². The highest BCUT2D eigenvalue weighted by molar-refractivity contribution is 5.45. The van der Waals surface area contributed by atoms with Gasteiger partial charge in [0.15, 0.2) is 0 Å². The molecule has 1 fully saturated rings. The lowest BCUT2D eigenvalue weighted by atomic mass is 10.2. The number of halogens is 3. The summed E-state index contributed by atoms with van der Waals surface area (Å²) in [5.41, 5.74) is -0.756. The number of hydrogen-bond donors (Lipinski definition) is 2. The Balaban J connectivity index is 2.00. The molecule has 1 aliphatic rings. The maximum Gasteiger partial charge on any atom is 0.419 e. The van der Waals surface area contributed by atoms with E-state index in [0.29, 0.717) is 19.7 Å². The first-order valence-corrected chi connectivity index (χ1v) is 5.66. The molecule has 0 spiro atoms. The number of morpholine rings is 1. The number of hydrogen-bond acceptors (Lipinski definition) is 4. The number of rotatable bonds is 3. The molecule has 0 aliphatic carbocycles. The first-order chi connectivity index (χ1) is 8.57. The van der Waals surface area contributed by atoms with Gasteiger partial charge in [-0.25, -0.2) is 4.98 Å². The zero-order valence-electron chi connectivity index (χ0n) is 9.63. The first kappa shape index (κ1) is 13.1. The van der Waals surface area contributed by atoms with Crippen molar-refractivity contribution in [3.05, 3.63) is 23.9 Å². The lowest BCUT2D eigenvalue weighted by Crippen LogP contribution is -2.42. The van der Waals surface area contributed by atoms with Gasteiger partial charge in [0.2, 0.25) is 0 Å². The van der Waals surface area contributed by atoms with Crippen molar-refractivity contribution in [2.75, 3.05) is 31.6 Å². The predicted octanol–water partition coefficient (Wildman–Crippen LogP) is 1.50. The fraction of sp³-hybridized carbons (Fsp3) is 0.545. The molecule has 2 N–H and O–H groups in total. The molecule has 2 rings (SSSR count). The van der Waals surface area contributed by atoms with E-state index in [0.717, 1.165) is 12.6 Å². The Labute approximate surface area is 103 Å². The van der Waals surface area contributed by atoms with Crippen LogP contribution in [-0.2, 0) is 10.9 Å². The zero-order chi connectivity index (χ0) is 13.0.